The first-order valence-corrected chi connectivity index (χ1v) is 16.6. The lowest BCUT2D eigenvalue weighted by molar-refractivity contribution is 0.203. The lowest BCUT2D eigenvalue weighted by Gasteiger charge is -2.17. The lowest BCUT2D eigenvalue weighted by Crippen LogP contribution is -2.10. The fourth-order valence-corrected chi connectivity index (χ4v) is 6.37. The standard InChI is InChI=1S/C40H30N6O4/c1-7-27-35(28-8-2-16-42-38(28)37(27)41-15-1)45-25-11-13-31-33(23-25)49-21-5-20-48-32-14-12-26(24-34(32)50-22-6-19-47-31)46-36-29-9-3-17-43-39(29)40-30(36)10-4-18-44-40/h1-4,7-18,23-24H,5-6,19-22H2. The summed E-state index contributed by atoms with van der Waals surface area (Å²) in [6.45, 7) is 1.74. The highest BCUT2D eigenvalue weighted by atomic mass is 16.5. The minimum atomic E-state index is 0.429. The SMILES string of the molecule is c1cnc2c(c1)C(=Nc1ccc3c(c1)OCCCOc1ccc(N=C4c5cccnc5-c5ncccc54)cc1OCCCO3)c1cccnc1-2. The van der Waals surface area contributed by atoms with Gasteiger partial charge in [0.1, 0.15) is 0 Å². The van der Waals surface area contributed by atoms with E-state index < -0.39 is 0 Å². The van der Waals surface area contributed by atoms with Gasteiger partial charge in [0, 0.05) is 72.0 Å². The Bertz CT molecular complexity index is 2060. The van der Waals surface area contributed by atoms with Gasteiger partial charge >= 0.3 is 0 Å². The number of aromatic nitrogens is 4. The molecule has 50 heavy (non-hydrogen) atoms. The Morgan fingerprint density at radius 3 is 1.10 bits per heavy atom. The van der Waals surface area contributed by atoms with Gasteiger partial charge in [0.05, 0.1) is 72.0 Å². The molecular formula is C40H30N6O4. The van der Waals surface area contributed by atoms with Crippen LogP contribution in [0.25, 0.3) is 22.8 Å². The van der Waals surface area contributed by atoms with E-state index in [0.29, 0.717) is 62.3 Å². The number of pyridine rings is 4. The zero-order chi connectivity index (χ0) is 33.3. The van der Waals surface area contributed by atoms with E-state index >= 15 is 0 Å². The van der Waals surface area contributed by atoms with Gasteiger partial charge in [-0.15, -0.1) is 0 Å². The molecular weight excluding hydrogens is 628 g/mol. The Labute approximate surface area is 288 Å². The quantitative estimate of drug-likeness (QED) is 0.187. The minimum absolute atomic E-state index is 0.429. The Hall–Kier alpha value is -6.42. The second kappa shape index (κ2) is 12.9. The summed E-state index contributed by atoms with van der Waals surface area (Å²) in [4.78, 5) is 28.3. The summed E-state index contributed by atoms with van der Waals surface area (Å²) in [5.74, 6) is 2.57. The van der Waals surface area contributed by atoms with Crippen molar-refractivity contribution >= 4 is 22.8 Å². The molecule has 0 fully saturated rings. The molecule has 0 saturated heterocycles. The molecule has 0 bridgehead atoms. The Balaban J connectivity index is 0.936. The smallest absolute Gasteiger partial charge is 0.163 e. The molecule has 2 aromatic carbocycles. The number of hydrogen-bond donors (Lipinski definition) is 0. The van der Waals surface area contributed by atoms with Crippen molar-refractivity contribution in [3.63, 3.8) is 0 Å². The molecule has 244 valence electrons. The molecule has 2 aliphatic carbocycles. The van der Waals surface area contributed by atoms with Crippen molar-refractivity contribution in [2.75, 3.05) is 26.4 Å². The van der Waals surface area contributed by atoms with E-state index in [9.17, 15) is 0 Å². The third kappa shape index (κ3) is 5.50. The Morgan fingerprint density at radius 1 is 0.400 bits per heavy atom. The molecule has 0 N–H and O–H groups in total. The van der Waals surface area contributed by atoms with Crippen LogP contribution in [0.1, 0.15) is 35.1 Å². The number of fused-ring (bicyclic) bond motifs is 8. The molecule has 10 heteroatoms. The molecule has 10 nitrogen and oxygen atoms in total. The largest absolute Gasteiger partial charge is 0.490 e. The predicted molar refractivity (Wildman–Crippen MR) is 190 cm³/mol. The summed E-state index contributed by atoms with van der Waals surface area (Å²) in [6, 6.07) is 27.3. The van der Waals surface area contributed by atoms with E-state index in [1.807, 2.05) is 84.9 Å². The summed E-state index contributed by atoms with van der Waals surface area (Å²) in [6.07, 6.45) is 8.41. The third-order valence-electron chi connectivity index (χ3n) is 8.64. The average molecular weight is 659 g/mol. The molecule has 0 atom stereocenters. The number of benzene rings is 2. The van der Waals surface area contributed by atoms with Crippen LogP contribution in [0.2, 0.25) is 0 Å². The van der Waals surface area contributed by atoms with Crippen LogP contribution in [0, 0.1) is 0 Å². The molecule has 5 heterocycles. The topological polar surface area (TPSA) is 113 Å². The number of nitrogens with zero attached hydrogens (tertiary/aromatic N) is 6. The molecule has 3 aliphatic rings. The number of ether oxygens (including phenoxy) is 4. The van der Waals surface area contributed by atoms with E-state index in [1.54, 1.807) is 24.8 Å². The van der Waals surface area contributed by atoms with Crippen LogP contribution in [-0.4, -0.2) is 57.8 Å². The van der Waals surface area contributed by atoms with Gasteiger partial charge < -0.3 is 18.9 Å². The number of rotatable bonds is 2. The first-order valence-electron chi connectivity index (χ1n) is 16.6. The molecule has 6 aromatic rings. The van der Waals surface area contributed by atoms with E-state index in [-0.39, 0.29) is 0 Å². The molecule has 0 unspecified atom stereocenters. The molecule has 1 aliphatic heterocycles. The van der Waals surface area contributed by atoms with Gasteiger partial charge in [-0.05, 0) is 72.8 Å². The van der Waals surface area contributed by atoms with Crippen LogP contribution < -0.4 is 18.9 Å². The van der Waals surface area contributed by atoms with Gasteiger partial charge in [0.15, 0.2) is 23.0 Å². The van der Waals surface area contributed by atoms with Crippen molar-refractivity contribution in [1.29, 1.82) is 0 Å². The summed E-state index contributed by atoms with van der Waals surface area (Å²) in [5, 5.41) is 0. The van der Waals surface area contributed by atoms with Crippen LogP contribution in [0.3, 0.4) is 0 Å². The first kappa shape index (κ1) is 29.7. The van der Waals surface area contributed by atoms with Crippen LogP contribution in [0.4, 0.5) is 11.4 Å². The van der Waals surface area contributed by atoms with Crippen molar-refractivity contribution in [3.05, 3.63) is 132 Å². The maximum Gasteiger partial charge on any atom is 0.163 e. The fourth-order valence-electron chi connectivity index (χ4n) is 6.37. The fraction of sp³-hybridized carbons (Fsp3) is 0.150. The van der Waals surface area contributed by atoms with Gasteiger partial charge in [-0.1, -0.05) is 0 Å². The monoisotopic (exact) mass is 658 g/mol. The van der Waals surface area contributed by atoms with Crippen molar-refractivity contribution < 1.29 is 18.9 Å². The van der Waals surface area contributed by atoms with E-state index in [4.69, 9.17) is 28.9 Å². The van der Waals surface area contributed by atoms with Gasteiger partial charge in [-0.25, -0.2) is 9.98 Å². The summed E-state index contributed by atoms with van der Waals surface area (Å²) in [5.41, 5.74) is 10.4. The molecule has 0 saturated carbocycles. The zero-order valence-corrected chi connectivity index (χ0v) is 27.0. The van der Waals surface area contributed by atoms with Crippen LogP contribution >= 0.6 is 0 Å². The molecule has 0 radical (unpaired) electrons. The number of hydrogen-bond acceptors (Lipinski definition) is 10. The van der Waals surface area contributed by atoms with E-state index in [0.717, 1.165) is 67.8 Å². The van der Waals surface area contributed by atoms with Gasteiger partial charge in [-0.2, -0.15) is 0 Å². The van der Waals surface area contributed by atoms with Gasteiger partial charge in [0.2, 0.25) is 0 Å². The van der Waals surface area contributed by atoms with Gasteiger partial charge in [-0.3, -0.25) is 19.9 Å². The summed E-state index contributed by atoms with van der Waals surface area (Å²) < 4.78 is 24.9. The molecule has 4 aromatic heterocycles. The maximum absolute atomic E-state index is 6.26. The maximum atomic E-state index is 6.26. The van der Waals surface area contributed by atoms with Crippen molar-refractivity contribution in [2.45, 2.75) is 12.8 Å². The second-order valence-electron chi connectivity index (χ2n) is 11.9. The Morgan fingerprint density at radius 2 is 0.740 bits per heavy atom. The highest BCUT2D eigenvalue weighted by Gasteiger charge is 2.28. The van der Waals surface area contributed by atoms with Crippen LogP contribution in [0.15, 0.2) is 120 Å². The molecule has 0 amide bonds. The first-order chi connectivity index (χ1) is 24.8. The van der Waals surface area contributed by atoms with Crippen molar-refractivity contribution in [3.8, 4) is 45.8 Å². The summed E-state index contributed by atoms with van der Waals surface area (Å²) >= 11 is 0. The normalized spacial score (nSPS) is 14.5. The lowest BCUT2D eigenvalue weighted by atomic mass is 10.1. The Kier molecular flexibility index (Phi) is 7.65. The van der Waals surface area contributed by atoms with Crippen LogP contribution in [0.5, 0.6) is 23.0 Å². The average Bonchev–Trinajstić information content (AvgIpc) is 3.65. The van der Waals surface area contributed by atoms with Gasteiger partial charge in [0.25, 0.3) is 0 Å². The predicted octanol–water partition coefficient (Wildman–Crippen LogP) is 7.57. The zero-order valence-electron chi connectivity index (χ0n) is 27.0. The highest BCUT2D eigenvalue weighted by Crippen LogP contribution is 2.39. The van der Waals surface area contributed by atoms with E-state index in [2.05, 4.69) is 19.9 Å². The molecule has 9 rings (SSSR count). The third-order valence-corrected chi connectivity index (χ3v) is 8.64. The number of aliphatic imine (C=N–C) groups is 2. The van der Waals surface area contributed by atoms with Crippen molar-refractivity contribution in [2.24, 2.45) is 9.98 Å². The summed E-state index contributed by atoms with van der Waals surface area (Å²) in [7, 11) is 0. The highest BCUT2D eigenvalue weighted by molar-refractivity contribution is 6.24. The van der Waals surface area contributed by atoms with Crippen molar-refractivity contribution in [1.82, 2.24) is 19.9 Å². The molecule has 0 spiro atoms. The van der Waals surface area contributed by atoms with E-state index in [1.165, 1.54) is 0 Å². The van der Waals surface area contributed by atoms with Crippen LogP contribution in [-0.2, 0) is 0 Å². The second-order valence-corrected chi connectivity index (χ2v) is 11.9. The minimum Gasteiger partial charge on any atom is -0.490 e.